The van der Waals surface area contributed by atoms with Gasteiger partial charge in [0.15, 0.2) is 0 Å². The van der Waals surface area contributed by atoms with Gasteiger partial charge in [0.1, 0.15) is 0 Å². The first-order chi connectivity index (χ1) is 8.92. The Morgan fingerprint density at radius 1 is 1.16 bits per heavy atom. The van der Waals surface area contributed by atoms with E-state index in [9.17, 15) is 9.59 Å². The first-order valence-corrected chi connectivity index (χ1v) is 7.15. The maximum absolute atomic E-state index is 11.5. The average molecular weight is 270 g/mol. The zero-order chi connectivity index (χ0) is 14.3. The van der Waals surface area contributed by atoms with Crippen LogP contribution in [0.4, 0.5) is 4.79 Å². The van der Waals surface area contributed by atoms with Crippen LogP contribution in [-0.2, 0) is 4.79 Å². The Kier molecular flexibility index (Phi) is 6.12. The fraction of sp³-hybridized carbons (Fsp3) is 0.857. The molecule has 5 nitrogen and oxygen atoms in total. The first kappa shape index (κ1) is 15.8. The van der Waals surface area contributed by atoms with E-state index in [1.54, 1.807) is 0 Å². The van der Waals surface area contributed by atoms with Crippen LogP contribution in [0.3, 0.4) is 0 Å². The van der Waals surface area contributed by atoms with Gasteiger partial charge in [-0.05, 0) is 24.2 Å². The lowest BCUT2D eigenvalue weighted by atomic mass is 9.71. The summed E-state index contributed by atoms with van der Waals surface area (Å²) in [4.78, 5) is 21.9. The Labute approximate surface area is 115 Å². The molecule has 1 rings (SSSR count). The largest absolute Gasteiger partial charge is 0.481 e. The van der Waals surface area contributed by atoms with Crippen molar-refractivity contribution in [2.24, 2.45) is 11.3 Å². The number of nitrogens with one attached hydrogen (secondary N) is 2. The molecule has 0 atom stereocenters. The van der Waals surface area contributed by atoms with Crippen molar-refractivity contribution in [1.29, 1.82) is 0 Å². The second-order valence-electron chi connectivity index (χ2n) is 6.08. The van der Waals surface area contributed by atoms with Crippen LogP contribution in [-0.4, -0.2) is 30.2 Å². The second kappa shape index (κ2) is 7.36. The SMILES string of the molecule is CC(C)(CNC(=O)NCCC(=O)O)C1CCCCC1. The van der Waals surface area contributed by atoms with Gasteiger partial charge in [-0.25, -0.2) is 4.79 Å². The molecular weight excluding hydrogens is 244 g/mol. The molecule has 110 valence electrons. The summed E-state index contributed by atoms with van der Waals surface area (Å²) >= 11 is 0. The van der Waals surface area contributed by atoms with E-state index in [1.165, 1.54) is 32.1 Å². The molecule has 0 heterocycles. The molecule has 0 aromatic carbocycles. The molecule has 0 unspecified atom stereocenters. The van der Waals surface area contributed by atoms with Crippen LogP contribution in [0.1, 0.15) is 52.4 Å². The Morgan fingerprint density at radius 2 is 1.79 bits per heavy atom. The molecule has 1 aliphatic rings. The van der Waals surface area contributed by atoms with Gasteiger partial charge in [-0.2, -0.15) is 0 Å². The molecule has 0 spiro atoms. The summed E-state index contributed by atoms with van der Waals surface area (Å²) in [6.07, 6.45) is 6.36. The van der Waals surface area contributed by atoms with Gasteiger partial charge in [-0.1, -0.05) is 33.1 Å². The Hall–Kier alpha value is -1.26. The predicted molar refractivity (Wildman–Crippen MR) is 74.0 cm³/mol. The molecule has 0 aliphatic heterocycles. The molecule has 0 aromatic heterocycles. The first-order valence-electron chi connectivity index (χ1n) is 7.15. The van der Waals surface area contributed by atoms with Gasteiger partial charge in [0.05, 0.1) is 6.42 Å². The molecule has 2 amide bonds. The summed E-state index contributed by atoms with van der Waals surface area (Å²) in [5, 5.41) is 13.9. The number of hydrogen-bond acceptors (Lipinski definition) is 2. The highest BCUT2D eigenvalue weighted by Crippen LogP contribution is 2.37. The Bertz CT molecular complexity index is 310. The van der Waals surface area contributed by atoms with E-state index in [1.807, 2.05) is 0 Å². The van der Waals surface area contributed by atoms with Crippen LogP contribution in [0, 0.1) is 11.3 Å². The predicted octanol–water partition coefficient (Wildman–Crippen LogP) is 2.37. The molecule has 3 N–H and O–H groups in total. The van der Waals surface area contributed by atoms with Gasteiger partial charge in [-0.3, -0.25) is 4.79 Å². The molecule has 5 heteroatoms. The monoisotopic (exact) mass is 270 g/mol. The van der Waals surface area contributed by atoms with E-state index in [2.05, 4.69) is 24.5 Å². The van der Waals surface area contributed by atoms with Gasteiger partial charge >= 0.3 is 12.0 Å². The molecule has 0 bridgehead atoms. The molecule has 0 saturated heterocycles. The highest BCUT2D eigenvalue weighted by Gasteiger charge is 2.30. The molecule has 0 aromatic rings. The van der Waals surface area contributed by atoms with Gasteiger partial charge in [-0.15, -0.1) is 0 Å². The summed E-state index contributed by atoms with van der Waals surface area (Å²) in [5.74, 6) is -0.233. The average Bonchev–Trinajstić information content (AvgIpc) is 2.37. The quantitative estimate of drug-likeness (QED) is 0.693. The number of urea groups is 1. The number of carbonyl (C=O) groups excluding carboxylic acids is 1. The van der Waals surface area contributed by atoms with Crippen molar-refractivity contribution in [1.82, 2.24) is 10.6 Å². The van der Waals surface area contributed by atoms with Gasteiger partial charge in [0.2, 0.25) is 0 Å². The molecule has 19 heavy (non-hydrogen) atoms. The highest BCUT2D eigenvalue weighted by atomic mass is 16.4. The molecule has 0 radical (unpaired) electrons. The van der Waals surface area contributed by atoms with Crippen molar-refractivity contribution in [2.75, 3.05) is 13.1 Å². The molecular formula is C14H26N2O3. The minimum absolute atomic E-state index is 0.0422. The summed E-state index contributed by atoms with van der Waals surface area (Å²) in [5.41, 5.74) is 0.102. The topological polar surface area (TPSA) is 78.4 Å². The number of carboxylic acid groups (broad SMARTS) is 1. The van der Waals surface area contributed by atoms with E-state index < -0.39 is 5.97 Å². The van der Waals surface area contributed by atoms with Crippen molar-refractivity contribution < 1.29 is 14.7 Å². The molecule has 1 fully saturated rings. The van der Waals surface area contributed by atoms with Crippen LogP contribution < -0.4 is 10.6 Å². The fourth-order valence-electron chi connectivity index (χ4n) is 2.68. The maximum Gasteiger partial charge on any atom is 0.314 e. The van der Waals surface area contributed by atoms with Gasteiger partial charge in [0.25, 0.3) is 0 Å². The van der Waals surface area contributed by atoms with Gasteiger partial charge in [0, 0.05) is 13.1 Å². The van der Waals surface area contributed by atoms with Crippen LogP contribution >= 0.6 is 0 Å². The lowest BCUT2D eigenvalue weighted by Crippen LogP contribution is -2.44. The minimum Gasteiger partial charge on any atom is -0.481 e. The number of hydrogen-bond donors (Lipinski definition) is 3. The summed E-state index contributed by atoms with van der Waals surface area (Å²) in [6.45, 7) is 5.20. The van der Waals surface area contributed by atoms with Crippen LogP contribution in [0.5, 0.6) is 0 Å². The van der Waals surface area contributed by atoms with Crippen molar-refractivity contribution in [3.05, 3.63) is 0 Å². The van der Waals surface area contributed by atoms with Crippen LogP contribution in [0.25, 0.3) is 0 Å². The third kappa shape index (κ3) is 5.94. The maximum atomic E-state index is 11.5. The number of aliphatic carboxylic acids is 1. The van der Waals surface area contributed by atoms with Crippen LogP contribution in [0.15, 0.2) is 0 Å². The molecule has 1 aliphatic carbocycles. The summed E-state index contributed by atoms with van der Waals surface area (Å²) in [7, 11) is 0. The van der Waals surface area contributed by atoms with Crippen molar-refractivity contribution in [2.45, 2.75) is 52.4 Å². The van der Waals surface area contributed by atoms with E-state index >= 15 is 0 Å². The van der Waals surface area contributed by atoms with Crippen LogP contribution in [0.2, 0.25) is 0 Å². The standard InChI is InChI=1S/C14H26N2O3/c1-14(2,11-6-4-3-5-7-11)10-16-13(19)15-9-8-12(17)18/h11H,3-10H2,1-2H3,(H,17,18)(H2,15,16,19). The summed E-state index contributed by atoms with van der Waals surface area (Å²) < 4.78 is 0. The number of carbonyl (C=O) groups is 2. The Morgan fingerprint density at radius 3 is 2.37 bits per heavy atom. The number of amides is 2. The normalized spacial score (nSPS) is 16.9. The minimum atomic E-state index is -0.900. The second-order valence-corrected chi connectivity index (χ2v) is 6.08. The highest BCUT2D eigenvalue weighted by molar-refractivity contribution is 5.74. The van der Waals surface area contributed by atoms with Crippen molar-refractivity contribution in [3.63, 3.8) is 0 Å². The zero-order valence-corrected chi connectivity index (χ0v) is 12.0. The fourth-order valence-corrected chi connectivity index (χ4v) is 2.68. The van der Waals surface area contributed by atoms with E-state index in [0.29, 0.717) is 12.5 Å². The third-order valence-electron chi connectivity index (χ3n) is 4.04. The van der Waals surface area contributed by atoms with Gasteiger partial charge < -0.3 is 15.7 Å². The van der Waals surface area contributed by atoms with E-state index in [4.69, 9.17) is 5.11 Å². The van der Waals surface area contributed by atoms with E-state index in [-0.39, 0.29) is 24.4 Å². The number of carboxylic acids is 1. The zero-order valence-electron chi connectivity index (χ0n) is 12.0. The lowest BCUT2D eigenvalue weighted by Gasteiger charge is -2.37. The van der Waals surface area contributed by atoms with E-state index in [0.717, 1.165) is 0 Å². The lowest BCUT2D eigenvalue weighted by molar-refractivity contribution is -0.136. The Balaban J connectivity index is 2.25. The van der Waals surface area contributed by atoms with Crippen molar-refractivity contribution in [3.8, 4) is 0 Å². The summed E-state index contributed by atoms with van der Waals surface area (Å²) in [6, 6.07) is -0.273. The molecule has 1 saturated carbocycles. The smallest absolute Gasteiger partial charge is 0.314 e. The van der Waals surface area contributed by atoms with Crippen molar-refractivity contribution >= 4 is 12.0 Å². The number of rotatable bonds is 6. The third-order valence-corrected chi connectivity index (χ3v) is 4.04.